The van der Waals surface area contributed by atoms with Crippen molar-refractivity contribution in [3.8, 4) is 0 Å². The molecule has 0 aromatic rings. The fourth-order valence-corrected chi connectivity index (χ4v) is 2.19. The Morgan fingerprint density at radius 3 is 1.55 bits per heavy atom. The van der Waals surface area contributed by atoms with Crippen LogP contribution in [0.25, 0.3) is 0 Å². The van der Waals surface area contributed by atoms with E-state index < -0.39 is 0 Å². The van der Waals surface area contributed by atoms with Gasteiger partial charge in [-0.15, -0.1) is 34.0 Å². The zero-order chi connectivity index (χ0) is 7.02. The molecular formula is C8H13Br2Zr. The van der Waals surface area contributed by atoms with Gasteiger partial charge in [-0.05, 0) is 0 Å². The fourth-order valence-electron chi connectivity index (χ4n) is 1.08. The molecule has 0 amide bonds. The Morgan fingerprint density at radius 1 is 1.00 bits per heavy atom. The summed E-state index contributed by atoms with van der Waals surface area (Å²) >= 11 is 1.59. The van der Waals surface area contributed by atoms with Crippen molar-refractivity contribution in [2.75, 3.05) is 0 Å². The van der Waals surface area contributed by atoms with Crippen LogP contribution < -0.4 is 0 Å². The van der Waals surface area contributed by atoms with Crippen LogP contribution in [0.3, 0.4) is 0 Å². The van der Waals surface area contributed by atoms with Gasteiger partial charge in [-0.3, -0.25) is 0 Å². The molecule has 0 fully saturated rings. The third kappa shape index (κ3) is 3.28. The van der Waals surface area contributed by atoms with Gasteiger partial charge in [0.05, 0.1) is 0 Å². The summed E-state index contributed by atoms with van der Waals surface area (Å²) in [6.45, 7) is 6.69. The van der Waals surface area contributed by atoms with Gasteiger partial charge in [-0.1, -0.05) is 0 Å². The maximum atomic E-state index is 2.23. The molecule has 0 nitrogen and oxygen atoms in total. The van der Waals surface area contributed by atoms with Gasteiger partial charge in [0.25, 0.3) is 0 Å². The molecule has 1 rings (SSSR count). The molecule has 0 atom stereocenters. The van der Waals surface area contributed by atoms with E-state index in [0.29, 0.717) is 0 Å². The average Bonchev–Trinajstić information content (AvgIpc) is 1.98. The third-order valence-electron chi connectivity index (χ3n) is 2.10. The minimum atomic E-state index is 0. The zero-order valence-electron chi connectivity index (χ0n) is 7.02. The van der Waals surface area contributed by atoms with Gasteiger partial charge < -0.3 is 0 Å². The van der Waals surface area contributed by atoms with Gasteiger partial charge in [0, 0.05) is 0 Å². The van der Waals surface area contributed by atoms with E-state index in [1.54, 1.807) is 39.1 Å². The van der Waals surface area contributed by atoms with Crippen molar-refractivity contribution in [1.82, 2.24) is 0 Å². The minimum absolute atomic E-state index is 0. The van der Waals surface area contributed by atoms with E-state index in [4.69, 9.17) is 0 Å². The normalized spacial score (nSPS) is 16.2. The summed E-state index contributed by atoms with van der Waals surface area (Å²) in [5.74, 6) is 0. The van der Waals surface area contributed by atoms with Crippen molar-refractivity contribution in [3.05, 3.63) is 20.0 Å². The molecule has 0 N–H and O–H groups in total. The van der Waals surface area contributed by atoms with Crippen molar-refractivity contribution in [1.29, 1.82) is 0 Å². The van der Waals surface area contributed by atoms with Gasteiger partial charge in [-0.2, -0.15) is 0 Å². The Labute approximate surface area is 105 Å². The van der Waals surface area contributed by atoms with E-state index >= 15 is 0 Å². The summed E-state index contributed by atoms with van der Waals surface area (Å²) in [7, 11) is 0. The van der Waals surface area contributed by atoms with Crippen LogP contribution in [0.2, 0.25) is 0 Å². The molecular weight excluding hydrogens is 347 g/mol. The van der Waals surface area contributed by atoms with Gasteiger partial charge in [-0.25, -0.2) is 0 Å². The summed E-state index contributed by atoms with van der Waals surface area (Å²) < 4.78 is 1.64. The Balaban J connectivity index is 0. The Kier molecular flexibility index (Phi) is 7.93. The predicted molar refractivity (Wildman–Crippen MR) is 56.3 cm³/mol. The molecule has 3 heteroatoms. The first kappa shape index (κ1) is 14.8. The van der Waals surface area contributed by atoms with Crippen LogP contribution in [0.5, 0.6) is 0 Å². The van der Waals surface area contributed by atoms with Crippen molar-refractivity contribution < 1.29 is 24.7 Å². The van der Waals surface area contributed by atoms with Crippen LogP contribution in [0.15, 0.2) is 20.0 Å². The van der Waals surface area contributed by atoms with E-state index in [1.807, 2.05) is 0 Å². The topological polar surface area (TPSA) is 0 Å². The summed E-state index contributed by atoms with van der Waals surface area (Å²) in [6.07, 6.45) is 1.25. The molecule has 11 heavy (non-hydrogen) atoms. The van der Waals surface area contributed by atoms with Crippen molar-refractivity contribution in [2.24, 2.45) is 0 Å². The molecule has 0 unspecified atom stereocenters. The van der Waals surface area contributed by atoms with E-state index in [0.717, 1.165) is 0 Å². The zero-order valence-corrected chi connectivity index (χ0v) is 12.9. The molecule has 0 spiro atoms. The Morgan fingerprint density at radius 2 is 1.45 bits per heavy atom. The van der Waals surface area contributed by atoms with Crippen molar-refractivity contribution >= 4 is 34.0 Å². The number of hydrogen-bond acceptors (Lipinski definition) is 0. The van der Waals surface area contributed by atoms with Crippen LogP contribution in [-0.2, 0) is 24.7 Å². The van der Waals surface area contributed by atoms with E-state index in [2.05, 4.69) is 20.8 Å². The summed E-state index contributed by atoms with van der Waals surface area (Å²) in [5, 5.41) is 0. The molecule has 0 bridgehead atoms. The van der Waals surface area contributed by atoms with Crippen LogP contribution in [0.4, 0.5) is 0 Å². The summed E-state index contributed by atoms with van der Waals surface area (Å²) in [4.78, 5) is 0. The molecule has 0 radical (unpaired) electrons. The molecule has 0 saturated carbocycles. The maximum absolute atomic E-state index is 2.23. The molecule has 0 aliphatic heterocycles. The SMILES string of the molecule is Br.Br.CC1=C(C)C(C)=[C]([Zr])C1. The first-order chi connectivity index (χ1) is 4.13. The first-order valence-electron chi connectivity index (χ1n) is 3.21. The average molecular weight is 360 g/mol. The van der Waals surface area contributed by atoms with Crippen LogP contribution in [-0.4, -0.2) is 0 Å². The standard InChI is InChI=1S/C8H11.2BrH.Zr/c1-6-4-5-7(2)8(6)3;;;/h4H2,1-3H3;2*1H;. The van der Waals surface area contributed by atoms with Gasteiger partial charge in [0.2, 0.25) is 0 Å². The van der Waals surface area contributed by atoms with Crippen LogP contribution in [0, 0.1) is 0 Å². The number of allylic oxidation sites excluding steroid dienone is 4. The van der Waals surface area contributed by atoms with Crippen molar-refractivity contribution in [2.45, 2.75) is 27.2 Å². The molecule has 0 heterocycles. The summed E-state index contributed by atoms with van der Waals surface area (Å²) in [6, 6.07) is 0. The van der Waals surface area contributed by atoms with Gasteiger partial charge in [0.15, 0.2) is 0 Å². The number of halogens is 2. The number of hydrogen-bond donors (Lipinski definition) is 0. The first-order valence-corrected chi connectivity index (χ1v) is 4.44. The molecule has 0 saturated heterocycles. The second kappa shape index (κ2) is 5.88. The van der Waals surface area contributed by atoms with Crippen molar-refractivity contribution in [3.63, 3.8) is 0 Å². The molecule has 0 aromatic carbocycles. The van der Waals surface area contributed by atoms with Crippen LogP contribution >= 0.6 is 34.0 Å². The Hall–Kier alpha value is 1.32. The second-order valence-corrected chi connectivity index (χ2v) is 4.17. The summed E-state index contributed by atoms with van der Waals surface area (Å²) in [5.41, 5.74) is 4.65. The second-order valence-electron chi connectivity index (χ2n) is 2.69. The molecule has 63 valence electrons. The van der Waals surface area contributed by atoms with E-state index in [9.17, 15) is 0 Å². The third-order valence-corrected chi connectivity index (χ3v) is 3.45. The molecule has 1 aliphatic rings. The van der Waals surface area contributed by atoms with E-state index in [-0.39, 0.29) is 34.0 Å². The van der Waals surface area contributed by atoms with Gasteiger partial charge in [0.1, 0.15) is 0 Å². The predicted octanol–water partition coefficient (Wildman–Crippen LogP) is 3.70. The quantitative estimate of drug-likeness (QED) is 0.618. The molecule has 1 aliphatic carbocycles. The molecule has 0 aromatic heterocycles. The van der Waals surface area contributed by atoms with E-state index in [1.165, 1.54) is 12.0 Å². The number of rotatable bonds is 0. The fraction of sp³-hybridized carbons (Fsp3) is 0.500. The van der Waals surface area contributed by atoms with Gasteiger partial charge >= 0.3 is 71.9 Å². The van der Waals surface area contributed by atoms with Crippen LogP contribution in [0.1, 0.15) is 27.2 Å². The Bertz CT molecular complexity index is 182. The monoisotopic (exact) mass is 357 g/mol.